The second kappa shape index (κ2) is 16.3. The number of fused-ring (bicyclic) bond motifs is 3. The Labute approximate surface area is 303 Å². The first-order chi connectivity index (χ1) is 25.0. The number of unbranched alkanes of at least 4 members (excludes halogenated alkanes) is 2. The van der Waals surface area contributed by atoms with Crippen molar-refractivity contribution in [3.05, 3.63) is 54.1 Å². The van der Waals surface area contributed by atoms with Gasteiger partial charge in [0.25, 0.3) is 5.91 Å². The molecule has 2 fully saturated rings. The molecule has 0 spiro atoms. The first kappa shape index (κ1) is 35.0. The number of ether oxygens (including phenoxy) is 4. The van der Waals surface area contributed by atoms with E-state index in [1.54, 1.807) is 43.8 Å². The fourth-order valence-electron chi connectivity index (χ4n) is 7.05. The summed E-state index contributed by atoms with van der Waals surface area (Å²) in [5.41, 5.74) is 3.07. The molecule has 3 aromatic carbocycles. The number of piperazine rings is 1. The summed E-state index contributed by atoms with van der Waals surface area (Å²) < 4.78 is 24.4. The van der Waals surface area contributed by atoms with E-state index in [1.807, 2.05) is 41.4 Å². The van der Waals surface area contributed by atoms with Crippen LogP contribution < -0.4 is 18.9 Å². The molecular formula is C39H47N5O6S. The number of nitrogens with zero attached hydrogens (tertiary/aromatic N) is 5. The van der Waals surface area contributed by atoms with Gasteiger partial charge in [-0.1, -0.05) is 0 Å². The predicted octanol–water partition coefficient (Wildman–Crippen LogP) is 6.64. The minimum Gasteiger partial charge on any atom is -0.508 e. The number of hydrogen-bond donors (Lipinski definition) is 1. The van der Waals surface area contributed by atoms with Crippen LogP contribution >= 0.6 is 11.3 Å². The topological polar surface area (TPSA) is 109 Å². The zero-order valence-corrected chi connectivity index (χ0v) is 30.3. The number of carbonyl (C=O) groups excluding carboxylic acids is 1. The number of thiazole rings is 1. The molecule has 0 saturated carbocycles. The molecule has 1 amide bonds. The molecule has 1 N–H and O–H groups in total. The van der Waals surface area contributed by atoms with E-state index in [0.717, 1.165) is 111 Å². The van der Waals surface area contributed by atoms with E-state index >= 15 is 0 Å². The Hall–Kier alpha value is -4.39. The Balaban J connectivity index is 0.781. The van der Waals surface area contributed by atoms with Crippen LogP contribution in [0.5, 0.6) is 28.7 Å². The maximum absolute atomic E-state index is 13.1. The van der Waals surface area contributed by atoms with Gasteiger partial charge in [0.15, 0.2) is 23.0 Å². The second-order valence-corrected chi connectivity index (χ2v) is 14.4. The summed E-state index contributed by atoms with van der Waals surface area (Å²) in [7, 11) is 3.27. The van der Waals surface area contributed by atoms with E-state index < -0.39 is 0 Å². The summed E-state index contributed by atoms with van der Waals surface area (Å²) in [5.74, 6) is 2.92. The van der Waals surface area contributed by atoms with Crippen molar-refractivity contribution >= 4 is 39.4 Å². The van der Waals surface area contributed by atoms with Gasteiger partial charge in [-0.15, -0.1) is 11.3 Å². The van der Waals surface area contributed by atoms with Crippen molar-refractivity contribution in [3.63, 3.8) is 0 Å². The molecule has 12 heteroatoms. The molecule has 4 aromatic rings. The first-order valence-electron chi connectivity index (χ1n) is 18.0. The number of aromatic hydroxyl groups is 1. The van der Waals surface area contributed by atoms with Crippen molar-refractivity contribution < 1.29 is 28.8 Å². The van der Waals surface area contributed by atoms with E-state index in [9.17, 15) is 9.90 Å². The lowest BCUT2D eigenvalue weighted by Crippen LogP contribution is -2.46. The zero-order chi connectivity index (χ0) is 35.2. The molecule has 1 atom stereocenters. The van der Waals surface area contributed by atoms with Gasteiger partial charge in [0.05, 0.1) is 54.9 Å². The van der Waals surface area contributed by atoms with Crippen LogP contribution in [0.15, 0.2) is 53.5 Å². The third kappa shape index (κ3) is 8.24. The maximum Gasteiger partial charge on any atom is 0.256 e. The summed E-state index contributed by atoms with van der Waals surface area (Å²) in [4.78, 5) is 29.5. The molecular weight excluding hydrogens is 667 g/mol. The number of aliphatic imine (C=N–C) groups is 1. The second-order valence-electron chi connectivity index (χ2n) is 13.3. The van der Waals surface area contributed by atoms with Gasteiger partial charge >= 0.3 is 0 Å². The van der Waals surface area contributed by atoms with Crippen LogP contribution in [0.1, 0.15) is 48.9 Å². The highest BCUT2D eigenvalue weighted by Crippen LogP contribution is 2.39. The average Bonchev–Trinajstić information content (AvgIpc) is 3.78. The Morgan fingerprint density at radius 2 is 1.51 bits per heavy atom. The average molecular weight is 714 g/mol. The van der Waals surface area contributed by atoms with Crippen LogP contribution in [0.3, 0.4) is 0 Å². The Bertz CT molecular complexity index is 1860. The lowest BCUT2D eigenvalue weighted by atomic mass is 10.1. The molecule has 0 radical (unpaired) electrons. The van der Waals surface area contributed by atoms with Crippen molar-refractivity contribution in [1.82, 2.24) is 19.7 Å². The number of carbonyl (C=O) groups is 1. The number of hydrogen-bond acceptors (Lipinski definition) is 11. The minimum atomic E-state index is 0.0224. The molecule has 7 rings (SSSR count). The van der Waals surface area contributed by atoms with Crippen LogP contribution in [-0.2, 0) is 0 Å². The Morgan fingerprint density at radius 3 is 2.24 bits per heavy atom. The molecule has 2 saturated heterocycles. The monoisotopic (exact) mass is 713 g/mol. The molecule has 4 heterocycles. The van der Waals surface area contributed by atoms with Gasteiger partial charge in [0.2, 0.25) is 0 Å². The van der Waals surface area contributed by atoms with Crippen LogP contribution in [0, 0.1) is 0 Å². The predicted molar refractivity (Wildman–Crippen MR) is 201 cm³/mol. The number of benzene rings is 3. The number of rotatable bonds is 15. The SMILES string of the molecule is COc1cc(-c2nc3ccc(O)cc3s2)ccc1OCCCCN1CCN(CCCCOc2cc3c(cc2OC)C(=O)N2CCC[C@H]2C=N3)CC1. The summed E-state index contributed by atoms with van der Waals surface area (Å²) >= 11 is 1.54. The smallest absolute Gasteiger partial charge is 0.256 e. The van der Waals surface area contributed by atoms with Gasteiger partial charge < -0.3 is 38.8 Å². The van der Waals surface area contributed by atoms with E-state index in [0.29, 0.717) is 41.7 Å². The van der Waals surface area contributed by atoms with Gasteiger partial charge in [-0.3, -0.25) is 9.79 Å². The highest BCUT2D eigenvalue weighted by molar-refractivity contribution is 7.21. The molecule has 3 aliphatic heterocycles. The molecule has 0 aliphatic carbocycles. The molecule has 270 valence electrons. The van der Waals surface area contributed by atoms with E-state index in [4.69, 9.17) is 23.9 Å². The molecule has 1 aromatic heterocycles. The highest BCUT2D eigenvalue weighted by atomic mass is 32.1. The Kier molecular flexibility index (Phi) is 11.2. The number of phenols is 1. The largest absolute Gasteiger partial charge is 0.508 e. The van der Waals surface area contributed by atoms with Crippen LogP contribution in [0.25, 0.3) is 20.8 Å². The van der Waals surface area contributed by atoms with Gasteiger partial charge in [-0.25, -0.2) is 4.98 Å². The Morgan fingerprint density at radius 1 is 0.804 bits per heavy atom. The van der Waals surface area contributed by atoms with Crippen molar-refractivity contribution in [2.45, 2.75) is 44.6 Å². The molecule has 0 bridgehead atoms. The fraction of sp³-hybridized carbons (Fsp3) is 0.462. The first-order valence-corrected chi connectivity index (χ1v) is 18.9. The van der Waals surface area contributed by atoms with E-state index in [1.165, 1.54) is 0 Å². The number of aromatic nitrogens is 1. The summed E-state index contributed by atoms with van der Waals surface area (Å²) in [6.45, 7) is 8.48. The summed E-state index contributed by atoms with van der Waals surface area (Å²) in [5, 5.41) is 10.7. The fourth-order valence-corrected chi connectivity index (χ4v) is 8.05. The molecule has 3 aliphatic rings. The lowest BCUT2D eigenvalue weighted by Gasteiger charge is -2.34. The van der Waals surface area contributed by atoms with Crippen LogP contribution in [-0.4, -0.2) is 116 Å². The highest BCUT2D eigenvalue weighted by Gasteiger charge is 2.32. The minimum absolute atomic E-state index is 0.0224. The maximum atomic E-state index is 13.1. The lowest BCUT2D eigenvalue weighted by molar-refractivity contribution is 0.0774. The van der Waals surface area contributed by atoms with Gasteiger partial charge in [0, 0.05) is 50.6 Å². The van der Waals surface area contributed by atoms with Gasteiger partial charge in [-0.2, -0.15) is 0 Å². The summed E-state index contributed by atoms with van der Waals surface area (Å²) in [6.07, 6.45) is 7.95. The van der Waals surface area contributed by atoms with E-state index in [2.05, 4.69) is 14.8 Å². The number of amides is 1. The third-order valence-electron chi connectivity index (χ3n) is 9.96. The van der Waals surface area contributed by atoms with Crippen molar-refractivity contribution in [3.8, 4) is 39.3 Å². The molecule has 11 nitrogen and oxygen atoms in total. The normalized spacial score (nSPS) is 17.7. The standard InChI is InChI=1S/C39H47N5O6S/c1-47-34-22-27(38-41-31-11-10-29(45)23-37(31)51-38)9-12-33(34)49-20-5-3-13-42-16-18-43(19-17-42)14-4-6-21-50-36-25-32-30(24-35(36)48-2)39(46)44-15-7-8-28(44)26-40-32/h9-12,22-26,28,45H,3-8,13-21H2,1-2H3/t28-/m0/s1. The number of methoxy groups -OCH3 is 2. The third-order valence-corrected chi connectivity index (χ3v) is 11.0. The van der Waals surface area contributed by atoms with Gasteiger partial charge in [-0.05, 0) is 94.1 Å². The van der Waals surface area contributed by atoms with Gasteiger partial charge in [0.1, 0.15) is 10.8 Å². The van der Waals surface area contributed by atoms with Crippen molar-refractivity contribution in [2.24, 2.45) is 4.99 Å². The van der Waals surface area contributed by atoms with Crippen molar-refractivity contribution in [1.29, 1.82) is 0 Å². The van der Waals surface area contributed by atoms with Crippen LogP contribution in [0.2, 0.25) is 0 Å². The zero-order valence-electron chi connectivity index (χ0n) is 29.5. The summed E-state index contributed by atoms with van der Waals surface area (Å²) in [6, 6.07) is 14.9. The number of phenolic OH excluding ortho intramolecular Hbond substituents is 1. The molecule has 51 heavy (non-hydrogen) atoms. The molecule has 0 unspecified atom stereocenters. The quantitative estimate of drug-likeness (QED) is 0.136. The van der Waals surface area contributed by atoms with Crippen LogP contribution in [0.4, 0.5) is 5.69 Å². The van der Waals surface area contributed by atoms with E-state index in [-0.39, 0.29) is 17.7 Å². The van der Waals surface area contributed by atoms with Crippen molar-refractivity contribution in [2.75, 3.05) is 73.2 Å².